The number of hydrogen-bond donors (Lipinski definition) is 0. The molecule has 20 heavy (non-hydrogen) atoms. The molecular formula is C13H25O6P. The summed E-state index contributed by atoms with van der Waals surface area (Å²) < 4.78 is 32.1. The van der Waals surface area contributed by atoms with Crippen LogP contribution in [0.15, 0.2) is 12.7 Å². The Morgan fingerprint density at radius 1 is 1.05 bits per heavy atom. The average Bonchev–Trinajstić information content (AvgIpc) is 2.43. The molecule has 1 unspecified atom stereocenters. The van der Waals surface area contributed by atoms with Gasteiger partial charge in [0.1, 0.15) is 6.61 Å². The van der Waals surface area contributed by atoms with Crippen molar-refractivity contribution in [1.29, 1.82) is 0 Å². The molecule has 6 nitrogen and oxygen atoms in total. The second-order valence-corrected chi connectivity index (χ2v) is 5.63. The zero-order valence-corrected chi connectivity index (χ0v) is 13.2. The number of carbonyl (C=O) groups excluding carboxylic acids is 1. The Labute approximate surface area is 121 Å². The van der Waals surface area contributed by atoms with Gasteiger partial charge in [0.25, 0.3) is 0 Å². The lowest BCUT2D eigenvalue weighted by atomic mass is 10.2. The number of phosphoric ester groups is 1. The number of rotatable bonds is 13. The van der Waals surface area contributed by atoms with Gasteiger partial charge in [-0.05, 0) is 13.3 Å². The standard InChI is InChI=1S/C13H25O6P/c1-4-7-8-9-10-18-20(15,17-6-3)19-12-11-16-13(14)5-2/h5H,2,4,6-12H2,1,3H3. The zero-order chi connectivity index (χ0) is 15.3. The predicted molar refractivity (Wildman–Crippen MR) is 76.4 cm³/mol. The normalized spacial score (nSPS) is 13.7. The molecule has 0 N–H and O–H groups in total. The first-order chi connectivity index (χ1) is 9.58. The van der Waals surface area contributed by atoms with E-state index in [1.54, 1.807) is 6.92 Å². The molecule has 0 rings (SSSR count). The third kappa shape index (κ3) is 10.1. The maximum Gasteiger partial charge on any atom is 0.474 e. The monoisotopic (exact) mass is 308 g/mol. The van der Waals surface area contributed by atoms with E-state index >= 15 is 0 Å². The van der Waals surface area contributed by atoms with Gasteiger partial charge in [-0.25, -0.2) is 9.36 Å². The minimum absolute atomic E-state index is 0.0267. The van der Waals surface area contributed by atoms with E-state index in [9.17, 15) is 9.36 Å². The Morgan fingerprint density at radius 3 is 2.35 bits per heavy atom. The zero-order valence-electron chi connectivity index (χ0n) is 12.3. The van der Waals surface area contributed by atoms with Gasteiger partial charge in [-0.15, -0.1) is 0 Å². The van der Waals surface area contributed by atoms with E-state index < -0.39 is 13.8 Å². The fourth-order valence-corrected chi connectivity index (χ4v) is 2.52. The summed E-state index contributed by atoms with van der Waals surface area (Å²) in [6.07, 6.45) is 5.10. The van der Waals surface area contributed by atoms with Gasteiger partial charge in [-0.2, -0.15) is 0 Å². The van der Waals surface area contributed by atoms with Crippen LogP contribution in [-0.4, -0.2) is 32.4 Å². The SMILES string of the molecule is C=CC(=O)OCCOP(=O)(OCC)OCCCCCC. The second-order valence-electron chi connectivity index (χ2n) is 3.96. The molecular weight excluding hydrogens is 283 g/mol. The molecule has 1 atom stereocenters. The molecule has 0 heterocycles. The molecule has 0 aromatic heterocycles. The van der Waals surface area contributed by atoms with Gasteiger partial charge in [0, 0.05) is 6.08 Å². The second kappa shape index (κ2) is 12.1. The Balaban J connectivity index is 3.94. The van der Waals surface area contributed by atoms with Crippen molar-refractivity contribution in [3.63, 3.8) is 0 Å². The van der Waals surface area contributed by atoms with Crippen molar-refractivity contribution < 1.29 is 27.7 Å². The summed E-state index contributed by atoms with van der Waals surface area (Å²) in [7, 11) is -3.55. The highest BCUT2D eigenvalue weighted by Gasteiger charge is 2.25. The predicted octanol–water partition coefficient (Wildman–Crippen LogP) is 3.47. The number of phosphoric acid groups is 1. The van der Waals surface area contributed by atoms with E-state index in [2.05, 4.69) is 13.5 Å². The van der Waals surface area contributed by atoms with Crippen LogP contribution < -0.4 is 0 Å². The van der Waals surface area contributed by atoms with Crippen LogP contribution in [0.1, 0.15) is 39.5 Å². The summed E-state index contributed by atoms with van der Waals surface area (Å²) in [5, 5.41) is 0. The first-order valence-corrected chi connectivity index (χ1v) is 8.36. The van der Waals surface area contributed by atoms with Crippen LogP contribution in [0.25, 0.3) is 0 Å². The van der Waals surface area contributed by atoms with E-state index in [-0.39, 0.29) is 19.8 Å². The number of ether oxygens (including phenoxy) is 1. The van der Waals surface area contributed by atoms with Gasteiger partial charge in [0.15, 0.2) is 0 Å². The Morgan fingerprint density at radius 2 is 1.75 bits per heavy atom. The van der Waals surface area contributed by atoms with Crippen molar-refractivity contribution in [2.45, 2.75) is 39.5 Å². The Kier molecular flexibility index (Phi) is 11.7. The molecule has 0 bridgehead atoms. The first kappa shape index (κ1) is 19.3. The van der Waals surface area contributed by atoms with Gasteiger partial charge in [-0.1, -0.05) is 32.8 Å². The van der Waals surface area contributed by atoms with Crippen LogP contribution in [0.2, 0.25) is 0 Å². The Bertz CT molecular complexity index is 318. The lowest BCUT2D eigenvalue weighted by Gasteiger charge is -2.17. The summed E-state index contributed by atoms with van der Waals surface area (Å²) in [5.74, 6) is -0.555. The van der Waals surface area contributed by atoms with E-state index in [1.807, 2.05) is 0 Å². The fourth-order valence-electron chi connectivity index (χ4n) is 1.33. The first-order valence-electron chi connectivity index (χ1n) is 6.90. The molecule has 0 amide bonds. The summed E-state index contributed by atoms with van der Waals surface area (Å²) in [4.78, 5) is 10.8. The molecule has 0 saturated carbocycles. The lowest BCUT2D eigenvalue weighted by molar-refractivity contribution is -0.138. The molecule has 0 fully saturated rings. The summed E-state index contributed by atoms with van der Waals surface area (Å²) in [6, 6.07) is 0. The average molecular weight is 308 g/mol. The largest absolute Gasteiger partial charge is 0.474 e. The van der Waals surface area contributed by atoms with Gasteiger partial charge >= 0.3 is 13.8 Å². The topological polar surface area (TPSA) is 71.1 Å². The van der Waals surface area contributed by atoms with Crippen molar-refractivity contribution in [3.8, 4) is 0 Å². The molecule has 118 valence electrons. The van der Waals surface area contributed by atoms with E-state index in [0.717, 1.165) is 31.8 Å². The van der Waals surface area contributed by atoms with Gasteiger partial charge in [0.2, 0.25) is 0 Å². The third-order valence-corrected chi connectivity index (χ3v) is 3.85. The summed E-state index contributed by atoms with van der Waals surface area (Å²) in [6.45, 7) is 7.54. The smallest absolute Gasteiger partial charge is 0.460 e. The number of hydrogen-bond acceptors (Lipinski definition) is 6. The van der Waals surface area contributed by atoms with Gasteiger partial charge in [-0.3, -0.25) is 13.6 Å². The minimum Gasteiger partial charge on any atom is -0.460 e. The van der Waals surface area contributed by atoms with Crippen LogP contribution in [0.4, 0.5) is 0 Å². The van der Waals surface area contributed by atoms with Gasteiger partial charge in [0.05, 0.1) is 19.8 Å². The Hall–Kier alpha value is -0.680. The van der Waals surface area contributed by atoms with Gasteiger partial charge < -0.3 is 4.74 Å². The lowest BCUT2D eigenvalue weighted by Crippen LogP contribution is -2.09. The van der Waals surface area contributed by atoms with Crippen molar-refractivity contribution in [3.05, 3.63) is 12.7 Å². The van der Waals surface area contributed by atoms with E-state index in [4.69, 9.17) is 18.3 Å². The molecule has 7 heteroatoms. The number of carbonyl (C=O) groups is 1. The molecule has 0 aliphatic carbocycles. The van der Waals surface area contributed by atoms with Crippen LogP contribution >= 0.6 is 7.82 Å². The maximum atomic E-state index is 12.1. The summed E-state index contributed by atoms with van der Waals surface area (Å²) in [5.41, 5.74) is 0. The molecule has 0 aromatic rings. The summed E-state index contributed by atoms with van der Waals surface area (Å²) >= 11 is 0. The number of unbranched alkanes of at least 4 members (excludes halogenated alkanes) is 3. The van der Waals surface area contributed by atoms with Crippen LogP contribution in [0, 0.1) is 0 Å². The highest BCUT2D eigenvalue weighted by Crippen LogP contribution is 2.49. The molecule has 0 spiro atoms. The van der Waals surface area contributed by atoms with Crippen molar-refractivity contribution in [2.24, 2.45) is 0 Å². The van der Waals surface area contributed by atoms with Crippen molar-refractivity contribution in [2.75, 3.05) is 26.4 Å². The quantitative estimate of drug-likeness (QED) is 0.224. The van der Waals surface area contributed by atoms with Crippen LogP contribution in [0.3, 0.4) is 0 Å². The number of esters is 1. The molecule has 0 saturated heterocycles. The maximum absolute atomic E-state index is 12.1. The van der Waals surface area contributed by atoms with E-state index in [0.29, 0.717) is 6.61 Å². The highest BCUT2D eigenvalue weighted by molar-refractivity contribution is 7.48. The molecule has 0 aliphatic heterocycles. The molecule has 0 aromatic carbocycles. The minimum atomic E-state index is -3.55. The van der Waals surface area contributed by atoms with Crippen LogP contribution in [-0.2, 0) is 27.7 Å². The molecule has 0 aliphatic rings. The van der Waals surface area contributed by atoms with Crippen molar-refractivity contribution in [1.82, 2.24) is 0 Å². The molecule has 0 radical (unpaired) electrons. The fraction of sp³-hybridized carbons (Fsp3) is 0.769. The van der Waals surface area contributed by atoms with Crippen molar-refractivity contribution >= 4 is 13.8 Å². The van der Waals surface area contributed by atoms with E-state index in [1.165, 1.54) is 0 Å². The highest BCUT2D eigenvalue weighted by atomic mass is 31.2. The third-order valence-electron chi connectivity index (χ3n) is 2.28. The van der Waals surface area contributed by atoms with Crippen LogP contribution in [0.5, 0.6) is 0 Å².